The smallest absolute Gasteiger partial charge is 0.174 e. The molecule has 2 bridgehead atoms. The Labute approximate surface area is 128 Å². The van der Waals surface area contributed by atoms with E-state index in [-0.39, 0.29) is 17.6 Å². The van der Waals surface area contributed by atoms with Crippen LogP contribution in [0, 0.1) is 0 Å². The van der Waals surface area contributed by atoms with Crippen LogP contribution in [0.25, 0.3) is 0 Å². The molecule has 1 aromatic rings. The molecule has 5 rings (SSSR count). The Hall–Kier alpha value is -1.59. The molecule has 1 spiro atoms. The molecule has 0 radical (unpaired) electrons. The first kappa shape index (κ1) is 12.9. The number of piperidine rings is 1. The largest absolute Gasteiger partial charge is 0.504 e. The normalized spacial score (nSPS) is 42.0. The summed E-state index contributed by atoms with van der Waals surface area (Å²) < 4.78 is 5.94. The van der Waals surface area contributed by atoms with Crippen molar-refractivity contribution in [3.8, 4) is 11.5 Å². The average molecular weight is 301 g/mol. The number of carbonyl (C=O) groups is 1. The summed E-state index contributed by atoms with van der Waals surface area (Å²) in [6.07, 6.45) is 1.61. The Bertz CT molecular complexity index is 717. The molecule has 116 valence electrons. The highest BCUT2D eigenvalue weighted by Gasteiger charge is 2.72. The zero-order valence-corrected chi connectivity index (χ0v) is 12.5. The van der Waals surface area contributed by atoms with Crippen LogP contribution < -0.4 is 4.74 Å². The highest BCUT2D eigenvalue weighted by atomic mass is 16.5. The molecule has 5 nitrogen and oxygen atoms in total. The van der Waals surface area contributed by atoms with Crippen LogP contribution in [0.5, 0.6) is 11.5 Å². The number of phenols is 1. The van der Waals surface area contributed by atoms with Gasteiger partial charge in [-0.25, -0.2) is 0 Å². The molecule has 0 amide bonds. The minimum absolute atomic E-state index is 0.00319. The number of benzene rings is 1. The van der Waals surface area contributed by atoms with E-state index in [2.05, 4.69) is 4.90 Å². The Kier molecular flexibility index (Phi) is 2.15. The average Bonchev–Trinajstić information content (AvgIpc) is 2.85. The van der Waals surface area contributed by atoms with Crippen molar-refractivity contribution < 1.29 is 19.7 Å². The lowest BCUT2D eigenvalue weighted by atomic mass is 9.49. The second-order valence-corrected chi connectivity index (χ2v) is 7.26. The van der Waals surface area contributed by atoms with E-state index in [1.54, 1.807) is 6.07 Å². The Morgan fingerprint density at radius 1 is 1.36 bits per heavy atom. The minimum atomic E-state index is -0.954. The number of nitrogens with zero attached hydrogens (tertiary/aromatic N) is 1. The summed E-state index contributed by atoms with van der Waals surface area (Å²) in [7, 11) is 2.04. The number of Topliss-reactive ketones (excluding diaryl/α,β-unsaturated/α-hetero) is 1. The number of likely N-dealkylation sites (tertiary alicyclic amines) is 1. The molecule has 2 fully saturated rings. The first-order valence-electron chi connectivity index (χ1n) is 7.96. The minimum Gasteiger partial charge on any atom is -0.504 e. The fourth-order valence-corrected chi connectivity index (χ4v) is 5.54. The first-order valence-corrected chi connectivity index (χ1v) is 7.96. The Balaban J connectivity index is 1.88. The molecule has 2 aliphatic heterocycles. The van der Waals surface area contributed by atoms with E-state index in [9.17, 15) is 15.0 Å². The molecule has 1 saturated heterocycles. The van der Waals surface area contributed by atoms with Gasteiger partial charge in [-0.15, -0.1) is 0 Å². The maximum absolute atomic E-state index is 12.5. The van der Waals surface area contributed by atoms with E-state index in [4.69, 9.17) is 4.74 Å². The van der Waals surface area contributed by atoms with Crippen LogP contribution in [0.2, 0.25) is 0 Å². The van der Waals surface area contributed by atoms with Gasteiger partial charge in [-0.3, -0.25) is 4.79 Å². The molecule has 2 N–H and O–H groups in total. The zero-order chi connectivity index (χ0) is 15.3. The van der Waals surface area contributed by atoms with Gasteiger partial charge in [0.25, 0.3) is 0 Å². The monoisotopic (exact) mass is 301 g/mol. The topological polar surface area (TPSA) is 70.0 Å². The van der Waals surface area contributed by atoms with Crippen molar-refractivity contribution in [2.45, 2.75) is 48.8 Å². The van der Waals surface area contributed by atoms with E-state index >= 15 is 0 Å². The Morgan fingerprint density at radius 2 is 2.18 bits per heavy atom. The second kappa shape index (κ2) is 3.66. The fraction of sp³-hybridized carbons (Fsp3) is 0.588. The highest BCUT2D eigenvalue weighted by molar-refractivity contribution is 5.90. The van der Waals surface area contributed by atoms with Gasteiger partial charge in [-0.1, -0.05) is 6.07 Å². The number of aromatic hydroxyl groups is 1. The Morgan fingerprint density at radius 3 is 3.00 bits per heavy atom. The molecule has 4 atom stereocenters. The van der Waals surface area contributed by atoms with Crippen molar-refractivity contribution >= 4 is 5.78 Å². The summed E-state index contributed by atoms with van der Waals surface area (Å²) in [5.41, 5.74) is 0.370. The van der Waals surface area contributed by atoms with Crippen molar-refractivity contribution in [1.82, 2.24) is 4.90 Å². The number of ketones is 1. The number of aliphatic hydroxyl groups is 1. The van der Waals surface area contributed by atoms with Crippen LogP contribution in [-0.2, 0) is 16.6 Å². The quantitative estimate of drug-likeness (QED) is 0.740. The third kappa shape index (κ3) is 1.13. The number of hydrogen-bond acceptors (Lipinski definition) is 5. The first-order chi connectivity index (χ1) is 10.5. The van der Waals surface area contributed by atoms with E-state index in [1.807, 2.05) is 13.1 Å². The molecule has 22 heavy (non-hydrogen) atoms. The molecule has 1 aromatic carbocycles. The summed E-state index contributed by atoms with van der Waals surface area (Å²) in [4.78, 5) is 14.7. The van der Waals surface area contributed by atoms with Gasteiger partial charge >= 0.3 is 0 Å². The van der Waals surface area contributed by atoms with Gasteiger partial charge < -0.3 is 19.8 Å². The summed E-state index contributed by atoms with van der Waals surface area (Å²) >= 11 is 0. The maximum Gasteiger partial charge on any atom is 0.174 e. The molecular formula is C17H19NO4. The van der Waals surface area contributed by atoms with Crippen LogP contribution in [0.3, 0.4) is 0 Å². The summed E-state index contributed by atoms with van der Waals surface area (Å²) in [6.45, 7) is 0.828. The predicted octanol–water partition coefficient (Wildman–Crippen LogP) is 0.745. The number of ether oxygens (including phenoxy) is 1. The number of carbonyl (C=O) groups excluding carboxylic acids is 1. The molecule has 2 unspecified atom stereocenters. The van der Waals surface area contributed by atoms with Crippen LogP contribution in [0.15, 0.2) is 12.1 Å². The van der Waals surface area contributed by atoms with Crippen molar-refractivity contribution in [2.24, 2.45) is 0 Å². The van der Waals surface area contributed by atoms with E-state index in [1.165, 1.54) is 0 Å². The number of rotatable bonds is 0. The summed E-state index contributed by atoms with van der Waals surface area (Å²) in [5, 5.41) is 21.8. The maximum atomic E-state index is 12.5. The number of hydrogen-bond donors (Lipinski definition) is 2. The number of phenolic OH excluding ortho intramolecular Hbond substituents is 1. The van der Waals surface area contributed by atoms with Crippen molar-refractivity contribution in [2.75, 3.05) is 13.6 Å². The highest BCUT2D eigenvalue weighted by Crippen LogP contribution is 2.64. The van der Waals surface area contributed by atoms with E-state index in [0.717, 1.165) is 24.1 Å². The lowest BCUT2D eigenvalue weighted by Gasteiger charge is -2.61. The lowest BCUT2D eigenvalue weighted by molar-refractivity contribution is -0.185. The summed E-state index contributed by atoms with van der Waals surface area (Å²) in [6, 6.07) is 3.57. The van der Waals surface area contributed by atoms with Gasteiger partial charge in [-0.2, -0.15) is 0 Å². The molecule has 0 aromatic heterocycles. The predicted molar refractivity (Wildman–Crippen MR) is 78.1 cm³/mol. The fourth-order valence-electron chi connectivity index (χ4n) is 5.54. The molecule has 5 heteroatoms. The van der Waals surface area contributed by atoms with Gasteiger partial charge in [0.05, 0.1) is 11.0 Å². The van der Waals surface area contributed by atoms with Crippen molar-refractivity contribution in [3.63, 3.8) is 0 Å². The molecule has 1 saturated carbocycles. The van der Waals surface area contributed by atoms with Gasteiger partial charge in [0.1, 0.15) is 0 Å². The van der Waals surface area contributed by atoms with E-state index < -0.39 is 17.1 Å². The zero-order valence-electron chi connectivity index (χ0n) is 12.5. The van der Waals surface area contributed by atoms with Crippen molar-refractivity contribution in [3.05, 3.63) is 23.3 Å². The van der Waals surface area contributed by atoms with Crippen LogP contribution in [0.1, 0.15) is 30.4 Å². The SMILES string of the molecule is CN1CC[C@]23c4c5ccc(O)c4OC2C(=O)CCC3(O)[C@H]1C5. The third-order valence-electron chi connectivity index (χ3n) is 6.53. The standard InChI is InChI=1S/C17H19NO4/c1-18-7-6-16-13-9-2-3-10(19)14(13)22-15(16)11(20)4-5-17(16,21)12(18)8-9/h2-3,12,15,19,21H,4-8H2,1H3/t12-,15?,16+,17?/m1/s1. The van der Waals surface area contributed by atoms with Crippen LogP contribution in [0.4, 0.5) is 0 Å². The number of likely N-dealkylation sites (N-methyl/N-ethyl adjacent to an activating group) is 1. The molecular weight excluding hydrogens is 282 g/mol. The van der Waals surface area contributed by atoms with Crippen LogP contribution >= 0.6 is 0 Å². The second-order valence-electron chi connectivity index (χ2n) is 7.26. The van der Waals surface area contributed by atoms with E-state index in [0.29, 0.717) is 25.0 Å². The lowest BCUT2D eigenvalue weighted by Crippen LogP contribution is -2.76. The van der Waals surface area contributed by atoms with Crippen molar-refractivity contribution in [1.29, 1.82) is 0 Å². The van der Waals surface area contributed by atoms with Gasteiger partial charge in [0, 0.05) is 18.0 Å². The van der Waals surface area contributed by atoms with Gasteiger partial charge in [0.2, 0.25) is 0 Å². The van der Waals surface area contributed by atoms with Gasteiger partial charge in [-0.05, 0) is 44.5 Å². The molecule has 2 aliphatic carbocycles. The molecule has 4 aliphatic rings. The van der Waals surface area contributed by atoms with Crippen LogP contribution in [-0.4, -0.2) is 52.2 Å². The third-order valence-corrected chi connectivity index (χ3v) is 6.53. The molecule has 2 heterocycles. The summed E-state index contributed by atoms with van der Waals surface area (Å²) in [5.74, 6) is 0.561. The van der Waals surface area contributed by atoms with Gasteiger partial charge in [0.15, 0.2) is 23.4 Å².